The first kappa shape index (κ1) is 15.2. The maximum absolute atomic E-state index is 12.1. The molecule has 0 radical (unpaired) electrons. The maximum atomic E-state index is 12.1. The van der Waals surface area contributed by atoms with Crippen LogP contribution in [0.15, 0.2) is 18.2 Å². The fourth-order valence-electron chi connectivity index (χ4n) is 2.09. The number of carboxylic acid groups (broad SMARTS) is 1. The summed E-state index contributed by atoms with van der Waals surface area (Å²) in [4.78, 5) is 23.2. The van der Waals surface area contributed by atoms with Crippen molar-refractivity contribution >= 4 is 11.9 Å². The molecule has 0 bridgehead atoms. The molecule has 21 heavy (non-hydrogen) atoms. The standard InChI is InChI=1S/C15H19NO5/c1-2-4-11(15(18)19)16-14(17)10-5-6-12-13(9-10)21-8-3-7-20-12/h5-6,9,11H,2-4,7-8H2,1H3,(H,16,17)(H,18,19). The van der Waals surface area contributed by atoms with Gasteiger partial charge in [-0.15, -0.1) is 0 Å². The predicted molar refractivity (Wildman–Crippen MR) is 75.8 cm³/mol. The van der Waals surface area contributed by atoms with Crippen LogP contribution >= 0.6 is 0 Å². The summed E-state index contributed by atoms with van der Waals surface area (Å²) >= 11 is 0. The number of amides is 1. The molecular weight excluding hydrogens is 274 g/mol. The number of hydrogen-bond acceptors (Lipinski definition) is 4. The van der Waals surface area contributed by atoms with Gasteiger partial charge in [-0.3, -0.25) is 4.79 Å². The zero-order valence-electron chi connectivity index (χ0n) is 11.9. The molecule has 0 aromatic heterocycles. The van der Waals surface area contributed by atoms with Crippen LogP contribution in [0.3, 0.4) is 0 Å². The second kappa shape index (κ2) is 6.97. The summed E-state index contributed by atoms with van der Waals surface area (Å²) in [5, 5.41) is 11.6. The van der Waals surface area contributed by atoms with Crippen molar-refractivity contribution in [3.63, 3.8) is 0 Å². The topological polar surface area (TPSA) is 84.9 Å². The molecule has 1 unspecified atom stereocenters. The van der Waals surface area contributed by atoms with Crippen LogP contribution in [0.1, 0.15) is 36.5 Å². The summed E-state index contributed by atoms with van der Waals surface area (Å²) in [5.74, 6) is -0.332. The van der Waals surface area contributed by atoms with E-state index in [1.165, 1.54) is 0 Å². The molecule has 1 heterocycles. The van der Waals surface area contributed by atoms with E-state index >= 15 is 0 Å². The van der Waals surface area contributed by atoms with Gasteiger partial charge < -0.3 is 19.9 Å². The summed E-state index contributed by atoms with van der Waals surface area (Å²) in [6, 6.07) is 3.98. The van der Waals surface area contributed by atoms with E-state index in [-0.39, 0.29) is 0 Å². The SMILES string of the molecule is CCCC(NC(=O)c1ccc2c(c1)OCCCO2)C(=O)O. The first-order chi connectivity index (χ1) is 10.1. The number of carboxylic acids is 1. The smallest absolute Gasteiger partial charge is 0.326 e. The van der Waals surface area contributed by atoms with E-state index in [2.05, 4.69) is 5.32 Å². The van der Waals surface area contributed by atoms with Gasteiger partial charge in [-0.05, 0) is 24.6 Å². The molecule has 1 amide bonds. The Kier molecular flexibility index (Phi) is 5.03. The van der Waals surface area contributed by atoms with Crippen molar-refractivity contribution in [2.75, 3.05) is 13.2 Å². The third kappa shape index (κ3) is 3.87. The minimum Gasteiger partial charge on any atom is -0.490 e. The molecule has 1 aromatic rings. The predicted octanol–water partition coefficient (Wildman–Crippen LogP) is 1.83. The highest BCUT2D eigenvalue weighted by molar-refractivity contribution is 5.97. The van der Waals surface area contributed by atoms with Crippen molar-refractivity contribution in [3.8, 4) is 11.5 Å². The zero-order valence-corrected chi connectivity index (χ0v) is 11.9. The van der Waals surface area contributed by atoms with E-state index in [4.69, 9.17) is 14.6 Å². The van der Waals surface area contributed by atoms with Gasteiger partial charge in [-0.25, -0.2) is 4.79 Å². The molecule has 1 atom stereocenters. The van der Waals surface area contributed by atoms with Crippen LogP contribution in [0.25, 0.3) is 0 Å². The molecule has 0 saturated carbocycles. The third-order valence-electron chi connectivity index (χ3n) is 3.19. The Hall–Kier alpha value is -2.24. The van der Waals surface area contributed by atoms with Crippen molar-refractivity contribution in [1.82, 2.24) is 5.32 Å². The molecule has 2 N–H and O–H groups in total. The molecule has 0 spiro atoms. The second-order valence-corrected chi connectivity index (χ2v) is 4.86. The highest BCUT2D eigenvalue weighted by Gasteiger charge is 2.21. The number of benzene rings is 1. The highest BCUT2D eigenvalue weighted by atomic mass is 16.5. The van der Waals surface area contributed by atoms with Gasteiger partial charge in [-0.2, -0.15) is 0 Å². The average molecular weight is 293 g/mol. The minimum atomic E-state index is -1.03. The van der Waals surface area contributed by atoms with Crippen LogP contribution in [-0.4, -0.2) is 36.2 Å². The second-order valence-electron chi connectivity index (χ2n) is 4.86. The van der Waals surface area contributed by atoms with Gasteiger partial charge >= 0.3 is 5.97 Å². The number of carbonyl (C=O) groups excluding carboxylic acids is 1. The van der Waals surface area contributed by atoms with Crippen molar-refractivity contribution < 1.29 is 24.2 Å². The highest BCUT2D eigenvalue weighted by Crippen LogP contribution is 2.30. The molecule has 1 aliphatic rings. The Morgan fingerprint density at radius 1 is 1.29 bits per heavy atom. The lowest BCUT2D eigenvalue weighted by Gasteiger charge is -2.14. The number of aliphatic carboxylic acids is 1. The van der Waals surface area contributed by atoms with E-state index in [9.17, 15) is 9.59 Å². The van der Waals surface area contributed by atoms with Crippen molar-refractivity contribution in [3.05, 3.63) is 23.8 Å². The van der Waals surface area contributed by atoms with Crippen molar-refractivity contribution in [1.29, 1.82) is 0 Å². The fourth-order valence-corrected chi connectivity index (χ4v) is 2.09. The van der Waals surface area contributed by atoms with Gasteiger partial charge in [0.15, 0.2) is 11.5 Å². The van der Waals surface area contributed by atoms with Crippen LogP contribution in [0.5, 0.6) is 11.5 Å². The number of hydrogen-bond donors (Lipinski definition) is 2. The Labute approximate surface area is 123 Å². The summed E-state index contributed by atoms with van der Waals surface area (Å²) < 4.78 is 11.0. The molecule has 2 rings (SSSR count). The zero-order chi connectivity index (χ0) is 15.2. The molecule has 6 nitrogen and oxygen atoms in total. The lowest BCUT2D eigenvalue weighted by atomic mass is 10.1. The van der Waals surface area contributed by atoms with Gasteiger partial charge in [-0.1, -0.05) is 13.3 Å². The summed E-state index contributed by atoms with van der Waals surface area (Å²) in [5.41, 5.74) is 0.363. The minimum absolute atomic E-state index is 0.363. The van der Waals surface area contributed by atoms with Gasteiger partial charge in [0.1, 0.15) is 6.04 Å². The summed E-state index contributed by atoms with van der Waals surface area (Å²) in [6.45, 7) is 2.98. The number of ether oxygens (including phenoxy) is 2. The van der Waals surface area contributed by atoms with Gasteiger partial charge in [0.05, 0.1) is 13.2 Å². The Bertz CT molecular complexity index is 529. The van der Waals surface area contributed by atoms with E-state index in [0.29, 0.717) is 43.1 Å². The third-order valence-corrected chi connectivity index (χ3v) is 3.19. The van der Waals surface area contributed by atoms with Crippen molar-refractivity contribution in [2.24, 2.45) is 0 Å². The van der Waals surface area contributed by atoms with E-state index in [1.54, 1.807) is 18.2 Å². The quantitative estimate of drug-likeness (QED) is 0.865. The number of carbonyl (C=O) groups is 2. The molecule has 1 aromatic carbocycles. The van der Waals surface area contributed by atoms with Crippen LogP contribution in [-0.2, 0) is 4.79 Å². The Morgan fingerprint density at radius 2 is 2.00 bits per heavy atom. The molecule has 0 fully saturated rings. The van der Waals surface area contributed by atoms with E-state index in [0.717, 1.165) is 6.42 Å². The van der Waals surface area contributed by atoms with Gasteiger partial charge in [0.25, 0.3) is 5.91 Å². The van der Waals surface area contributed by atoms with Crippen LogP contribution in [0, 0.1) is 0 Å². The lowest BCUT2D eigenvalue weighted by molar-refractivity contribution is -0.139. The molecule has 1 aliphatic heterocycles. The summed E-state index contributed by atoms with van der Waals surface area (Å²) in [7, 11) is 0. The first-order valence-electron chi connectivity index (χ1n) is 7.05. The van der Waals surface area contributed by atoms with Gasteiger partial charge in [0, 0.05) is 12.0 Å². The maximum Gasteiger partial charge on any atom is 0.326 e. The lowest BCUT2D eigenvalue weighted by Crippen LogP contribution is -2.40. The van der Waals surface area contributed by atoms with Crippen LogP contribution in [0.4, 0.5) is 0 Å². The van der Waals surface area contributed by atoms with E-state index < -0.39 is 17.9 Å². The monoisotopic (exact) mass is 293 g/mol. The number of rotatable bonds is 5. The largest absolute Gasteiger partial charge is 0.490 e. The molecule has 6 heteroatoms. The van der Waals surface area contributed by atoms with Crippen LogP contribution < -0.4 is 14.8 Å². The number of fused-ring (bicyclic) bond motifs is 1. The van der Waals surface area contributed by atoms with Crippen molar-refractivity contribution in [2.45, 2.75) is 32.2 Å². The normalized spacial score (nSPS) is 14.9. The molecule has 0 aliphatic carbocycles. The first-order valence-corrected chi connectivity index (χ1v) is 7.05. The fraction of sp³-hybridized carbons (Fsp3) is 0.467. The average Bonchev–Trinajstić information content (AvgIpc) is 2.70. The number of nitrogens with one attached hydrogen (secondary N) is 1. The van der Waals surface area contributed by atoms with Crippen LogP contribution in [0.2, 0.25) is 0 Å². The van der Waals surface area contributed by atoms with E-state index in [1.807, 2.05) is 6.92 Å². The summed E-state index contributed by atoms with van der Waals surface area (Å²) in [6.07, 6.45) is 1.86. The molecule has 114 valence electrons. The molecule has 0 saturated heterocycles. The molecular formula is C15H19NO5. The Morgan fingerprint density at radius 3 is 2.67 bits per heavy atom. The van der Waals surface area contributed by atoms with Gasteiger partial charge in [0.2, 0.25) is 0 Å². The Balaban J connectivity index is 2.12.